The molecule has 0 bridgehead atoms. The van der Waals surface area contributed by atoms with Crippen molar-refractivity contribution in [1.82, 2.24) is 0 Å². The molecule has 0 spiro atoms. The Morgan fingerprint density at radius 3 is 1.71 bits per heavy atom. The number of benzene rings is 2. The van der Waals surface area contributed by atoms with Gasteiger partial charge in [-0.25, -0.2) is 9.59 Å². The van der Waals surface area contributed by atoms with Gasteiger partial charge in [-0.05, 0) is 55.2 Å². The van der Waals surface area contributed by atoms with E-state index in [0.29, 0.717) is 17.2 Å². The van der Waals surface area contributed by atoms with Gasteiger partial charge in [0.2, 0.25) is 0 Å². The summed E-state index contributed by atoms with van der Waals surface area (Å²) in [4.78, 5) is 23.4. The van der Waals surface area contributed by atoms with E-state index in [1.54, 1.807) is 13.8 Å². The molecule has 0 heterocycles. The molecule has 10 nitrogen and oxygen atoms in total. The number of aromatic carboxylic acids is 2. The van der Waals surface area contributed by atoms with E-state index < -0.39 is 17.5 Å². The average Bonchev–Trinajstić information content (AvgIpc) is 2.84. The Hall–Kier alpha value is -3.71. The Bertz CT molecular complexity index is 1060. The maximum Gasteiger partial charge on any atom is 0.335 e. The lowest BCUT2D eigenvalue weighted by Gasteiger charge is -2.20. The Balaban J connectivity index is 0.000000601. The van der Waals surface area contributed by atoms with Crippen LogP contribution in [-0.4, -0.2) is 53.5 Å². The highest BCUT2D eigenvalue weighted by molar-refractivity contribution is 14.1. The quantitative estimate of drug-likeness (QED) is 0.336. The van der Waals surface area contributed by atoms with Gasteiger partial charge in [0.05, 0.1) is 25.3 Å². The van der Waals surface area contributed by atoms with E-state index in [9.17, 15) is 9.59 Å². The topological polar surface area (TPSA) is 159 Å². The molecule has 0 aliphatic carbocycles. The number of alkyl halides is 1. The molecular formula is C23H25IN2O8. The molecule has 2 rings (SSSR count). The molecule has 0 radical (unpaired) electrons. The van der Waals surface area contributed by atoms with Gasteiger partial charge in [0, 0.05) is 0 Å². The van der Waals surface area contributed by atoms with Crippen LogP contribution in [0.3, 0.4) is 0 Å². The second-order valence-corrected chi connectivity index (χ2v) is 6.51. The van der Waals surface area contributed by atoms with Crippen LogP contribution in [0.4, 0.5) is 0 Å². The van der Waals surface area contributed by atoms with Gasteiger partial charge in [0.25, 0.3) is 0 Å². The van der Waals surface area contributed by atoms with Crippen LogP contribution in [0.5, 0.6) is 23.0 Å². The molecule has 0 aromatic heterocycles. The number of nitriles is 2. The fourth-order valence-electron chi connectivity index (χ4n) is 2.21. The summed E-state index contributed by atoms with van der Waals surface area (Å²) < 4.78 is 20.4. The zero-order valence-electron chi connectivity index (χ0n) is 19.3. The molecule has 0 atom stereocenters. The summed E-state index contributed by atoms with van der Waals surface area (Å²) in [5, 5.41) is 34.7. The highest BCUT2D eigenvalue weighted by Crippen LogP contribution is 2.31. The fraction of sp³-hybridized carbons (Fsp3) is 0.304. The number of rotatable bonds is 8. The van der Waals surface area contributed by atoms with Crippen LogP contribution in [0.1, 0.15) is 34.6 Å². The van der Waals surface area contributed by atoms with E-state index in [1.807, 2.05) is 17.1 Å². The van der Waals surface area contributed by atoms with Crippen molar-refractivity contribution in [2.24, 2.45) is 0 Å². The smallest absolute Gasteiger partial charge is 0.335 e. The zero-order valence-corrected chi connectivity index (χ0v) is 21.4. The number of nitrogens with zero attached hydrogens (tertiary/aromatic N) is 2. The summed E-state index contributed by atoms with van der Waals surface area (Å²) in [6.45, 7) is 3.11. The monoisotopic (exact) mass is 584 g/mol. The third-order valence-corrected chi connectivity index (χ3v) is 3.75. The average molecular weight is 584 g/mol. The van der Waals surface area contributed by atoms with Crippen LogP contribution in [-0.2, 0) is 0 Å². The summed E-state index contributed by atoms with van der Waals surface area (Å²) in [5.74, 6) is -0.819. The lowest BCUT2D eigenvalue weighted by Crippen LogP contribution is -2.25. The van der Waals surface area contributed by atoms with E-state index >= 15 is 0 Å². The Kier molecular flexibility index (Phi) is 13.5. The minimum atomic E-state index is -1.05. The normalized spacial score (nSPS) is 9.41. The molecule has 182 valence electrons. The Morgan fingerprint density at radius 2 is 1.32 bits per heavy atom. The van der Waals surface area contributed by atoms with Gasteiger partial charge in [-0.2, -0.15) is 10.5 Å². The minimum Gasteiger partial charge on any atom is -0.493 e. The van der Waals surface area contributed by atoms with Crippen LogP contribution in [0, 0.1) is 22.7 Å². The van der Waals surface area contributed by atoms with Crippen molar-refractivity contribution in [1.29, 1.82) is 10.5 Å². The molecule has 34 heavy (non-hydrogen) atoms. The third-order valence-electron chi connectivity index (χ3n) is 3.75. The van der Waals surface area contributed by atoms with Crippen molar-refractivity contribution < 1.29 is 38.7 Å². The second kappa shape index (κ2) is 15.2. The zero-order chi connectivity index (χ0) is 26.3. The molecule has 0 amide bonds. The van der Waals surface area contributed by atoms with E-state index in [1.165, 1.54) is 50.6 Å². The van der Waals surface area contributed by atoms with Crippen LogP contribution in [0.25, 0.3) is 0 Å². The predicted molar refractivity (Wildman–Crippen MR) is 131 cm³/mol. The number of ether oxygens (including phenoxy) is 4. The van der Waals surface area contributed by atoms with Crippen LogP contribution in [0.15, 0.2) is 36.4 Å². The van der Waals surface area contributed by atoms with E-state index in [4.69, 9.17) is 39.7 Å². The van der Waals surface area contributed by atoms with Crippen molar-refractivity contribution in [2.45, 2.75) is 19.4 Å². The van der Waals surface area contributed by atoms with Gasteiger partial charge >= 0.3 is 11.9 Å². The largest absolute Gasteiger partial charge is 0.493 e. The van der Waals surface area contributed by atoms with Gasteiger partial charge in [0.15, 0.2) is 35.2 Å². The third kappa shape index (κ3) is 9.83. The van der Waals surface area contributed by atoms with Crippen molar-refractivity contribution in [3.05, 3.63) is 47.5 Å². The highest BCUT2D eigenvalue weighted by atomic mass is 127. The molecule has 0 saturated heterocycles. The second-order valence-electron chi connectivity index (χ2n) is 6.51. The molecule has 0 aliphatic heterocycles. The number of hydrogen-bond acceptors (Lipinski definition) is 8. The number of hydrogen-bond donors (Lipinski definition) is 2. The summed E-state index contributed by atoms with van der Waals surface area (Å²) in [7, 11) is 2.81. The first-order valence-corrected chi connectivity index (χ1v) is 11.5. The molecule has 2 aromatic carbocycles. The number of halogens is 1. The van der Waals surface area contributed by atoms with Crippen LogP contribution >= 0.6 is 22.6 Å². The van der Waals surface area contributed by atoms with Crippen LogP contribution in [0.2, 0.25) is 0 Å². The highest BCUT2D eigenvalue weighted by Gasteiger charge is 2.21. The summed E-state index contributed by atoms with van der Waals surface area (Å²) in [6.07, 6.45) is 0. The van der Waals surface area contributed by atoms with Crippen molar-refractivity contribution in [3.8, 4) is 35.1 Å². The summed E-state index contributed by atoms with van der Waals surface area (Å²) in [5.41, 5.74) is -0.794. The maximum atomic E-state index is 10.8. The van der Waals surface area contributed by atoms with Crippen molar-refractivity contribution in [3.63, 3.8) is 0 Å². The first-order chi connectivity index (χ1) is 16.1. The van der Waals surface area contributed by atoms with Crippen molar-refractivity contribution in [2.75, 3.05) is 25.8 Å². The molecule has 0 saturated carbocycles. The molecule has 2 N–H and O–H groups in total. The first-order valence-electron chi connectivity index (χ1n) is 9.39. The van der Waals surface area contributed by atoms with E-state index in [-0.39, 0.29) is 23.5 Å². The molecule has 11 heteroatoms. The van der Waals surface area contributed by atoms with Gasteiger partial charge in [-0.15, -0.1) is 0 Å². The fourth-order valence-corrected chi connectivity index (χ4v) is 2.21. The SMILES string of the molecule is CI.COc1cc(C(=O)O)ccc1OC(C)(C)C#N.COc1cc(C(=O)O)ccc1OCC#N. The maximum absolute atomic E-state index is 10.8. The molecule has 0 unspecified atom stereocenters. The number of methoxy groups -OCH3 is 2. The Labute approximate surface area is 211 Å². The standard InChI is InChI=1S/C12H13NO4.C10H9NO4.CH3I/c1-12(2,7-13)17-9-5-4-8(11(14)15)6-10(9)16-3;1-14-9-6-7(10(12)13)2-3-8(9)15-5-4-11;1-2/h4-6H,1-3H3,(H,14,15);2-3,6H,5H2,1H3,(H,12,13);1H3. The van der Waals surface area contributed by atoms with Crippen molar-refractivity contribution >= 4 is 34.5 Å². The molecular weight excluding hydrogens is 559 g/mol. The lowest BCUT2D eigenvalue weighted by molar-refractivity contribution is 0.0685. The van der Waals surface area contributed by atoms with E-state index in [0.717, 1.165) is 0 Å². The number of carboxylic acid groups (broad SMARTS) is 2. The van der Waals surface area contributed by atoms with Gasteiger partial charge in [-0.3, -0.25) is 0 Å². The van der Waals surface area contributed by atoms with Gasteiger partial charge in [-0.1, -0.05) is 22.6 Å². The minimum absolute atomic E-state index is 0.101. The van der Waals surface area contributed by atoms with Gasteiger partial charge in [0.1, 0.15) is 12.1 Å². The van der Waals surface area contributed by atoms with E-state index in [2.05, 4.69) is 22.6 Å². The molecule has 0 fully saturated rings. The predicted octanol–water partition coefficient (Wildman–Crippen LogP) is 4.42. The molecule has 0 aliphatic rings. The number of carboxylic acids is 2. The van der Waals surface area contributed by atoms with Crippen LogP contribution < -0.4 is 18.9 Å². The summed E-state index contributed by atoms with van der Waals surface area (Å²) in [6, 6.07) is 12.2. The Morgan fingerprint density at radius 1 is 0.882 bits per heavy atom. The first kappa shape index (κ1) is 30.3. The lowest BCUT2D eigenvalue weighted by atomic mass is 10.1. The van der Waals surface area contributed by atoms with Gasteiger partial charge < -0.3 is 29.2 Å². The molecule has 2 aromatic rings. The number of carbonyl (C=O) groups is 2. The summed E-state index contributed by atoms with van der Waals surface area (Å²) >= 11 is 2.15.